The normalized spacial score (nSPS) is 18.0. The molecule has 24 heavy (non-hydrogen) atoms. The molecule has 1 saturated heterocycles. The molecule has 3 rings (SSSR count). The van der Waals surface area contributed by atoms with Crippen LogP contribution in [0.15, 0.2) is 36.7 Å². The van der Waals surface area contributed by atoms with Gasteiger partial charge < -0.3 is 15.5 Å². The molecule has 1 aromatic carbocycles. The average Bonchev–Trinajstić information content (AvgIpc) is 3.01. The third kappa shape index (κ3) is 3.37. The maximum Gasteiger partial charge on any atom is 0.318 e. The van der Waals surface area contributed by atoms with Gasteiger partial charge in [-0.1, -0.05) is 18.2 Å². The lowest BCUT2D eigenvalue weighted by molar-refractivity contribution is -0.124. The minimum absolute atomic E-state index is 0.130. The summed E-state index contributed by atoms with van der Waals surface area (Å²) >= 11 is 0. The molecule has 0 saturated carbocycles. The van der Waals surface area contributed by atoms with Crippen molar-refractivity contribution in [3.05, 3.63) is 42.5 Å². The lowest BCUT2D eigenvalue weighted by atomic mass is 10.3. The molecule has 0 bridgehead atoms. The molecule has 1 fully saturated rings. The average molecular weight is 328 g/mol. The maximum atomic E-state index is 12.4. The standard InChI is InChI=1S/C16H20N6O2/c1-12-15(23)17-8-5-9-21(12)16(24)18-10-14-19-11-20-22(14)13-6-3-2-4-7-13/h2-4,6-7,11-12H,5,8-10H2,1H3,(H,17,23)(H,18,24)/t12-/m0/s1. The molecule has 1 aromatic heterocycles. The van der Waals surface area contributed by atoms with E-state index in [1.54, 1.807) is 16.5 Å². The van der Waals surface area contributed by atoms with Crippen LogP contribution in [0.2, 0.25) is 0 Å². The number of urea groups is 1. The van der Waals surface area contributed by atoms with Crippen molar-refractivity contribution >= 4 is 11.9 Å². The van der Waals surface area contributed by atoms with E-state index in [0.717, 1.165) is 12.1 Å². The van der Waals surface area contributed by atoms with Crippen molar-refractivity contribution in [2.75, 3.05) is 13.1 Å². The maximum absolute atomic E-state index is 12.4. The van der Waals surface area contributed by atoms with Crippen LogP contribution in [0.3, 0.4) is 0 Å². The fourth-order valence-corrected chi connectivity index (χ4v) is 2.65. The fourth-order valence-electron chi connectivity index (χ4n) is 2.65. The Bertz CT molecular complexity index is 714. The number of nitrogens with one attached hydrogen (secondary N) is 2. The van der Waals surface area contributed by atoms with E-state index in [4.69, 9.17) is 0 Å². The van der Waals surface area contributed by atoms with Crippen LogP contribution in [0.4, 0.5) is 4.79 Å². The number of rotatable bonds is 3. The molecule has 0 aliphatic carbocycles. The molecule has 0 spiro atoms. The Kier molecular flexibility index (Phi) is 4.74. The van der Waals surface area contributed by atoms with Crippen LogP contribution in [0, 0.1) is 0 Å². The lowest BCUT2D eigenvalue weighted by Gasteiger charge is -2.25. The number of para-hydroxylation sites is 1. The molecular weight excluding hydrogens is 308 g/mol. The van der Waals surface area contributed by atoms with Crippen molar-refractivity contribution in [3.63, 3.8) is 0 Å². The summed E-state index contributed by atoms with van der Waals surface area (Å²) in [6.45, 7) is 3.09. The summed E-state index contributed by atoms with van der Waals surface area (Å²) < 4.78 is 1.68. The molecule has 1 atom stereocenters. The Hall–Kier alpha value is -2.90. The number of benzene rings is 1. The van der Waals surface area contributed by atoms with Crippen LogP contribution in [0.1, 0.15) is 19.2 Å². The second-order valence-corrected chi connectivity index (χ2v) is 5.60. The van der Waals surface area contributed by atoms with Gasteiger partial charge in [-0.05, 0) is 25.5 Å². The predicted molar refractivity (Wildman–Crippen MR) is 87.4 cm³/mol. The molecule has 1 aliphatic heterocycles. The summed E-state index contributed by atoms with van der Waals surface area (Å²) in [6.07, 6.45) is 2.19. The van der Waals surface area contributed by atoms with E-state index in [9.17, 15) is 9.59 Å². The Morgan fingerprint density at radius 2 is 2.17 bits per heavy atom. The number of hydrogen-bond acceptors (Lipinski definition) is 4. The Morgan fingerprint density at radius 3 is 2.96 bits per heavy atom. The van der Waals surface area contributed by atoms with Gasteiger partial charge in [0.15, 0.2) is 5.82 Å². The van der Waals surface area contributed by atoms with Gasteiger partial charge in [0.2, 0.25) is 5.91 Å². The Labute approximate surface area is 139 Å². The fraction of sp³-hybridized carbons (Fsp3) is 0.375. The molecule has 2 heterocycles. The zero-order valence-electron chi connectivity index (χ0n) is 13.5. The van der Waals surface area contributed by atoms with Crippen molar-refractivity contribution in [1.29, 1.82) is 0 Å². The molecule has 8 nitrogen and oxygen atoms in total. The Balaban J connectivity index is 1.67. The van der Waals surface area contributed by atoms with Crippen molar-refractivity contribution in [1.82, 2.24) is 30.3 Å². The summed E-state index contributed by atoms with van der Waals surface area (Å²) in [4.78, 5) is 30.0. The number of amides is 3. The molecular formula is C16H20N6O2. The summed E-state index contributed by atoms with van der Waals surface area (Å²) in [7, 11) is 0. The quantitative estimate of drug-likeness (QED) is 0.867. The zero-order chi connectivity index (χ0) is 16.9. The Morgan fingerprint density at radius 1 is 1.38 bits per heavy atom. The summed E-state index contributed by atoms with van der Waals surface area (Å²) in [5.74, 6) is 0.497. The topological polar surface area (TPSA) is 92.2 Å². The number of carbonyl (C=O) groups is 2. The van der Waals surface area contributed by atoms with Crippen molar-refractivity contribution in [2.24, 2.45) is 0 Å². The van der Waals surface area contributed by atoms with Gasteiger partial charge in [-0.15, -0.1) is 0 Å². The first-order chi connectivity index (χ1) is 11.7. The second kappa shape index (κ2) is 7.12. The zero-order valence-corrected chi connectivity index (χ0v) is 13.5. The number of carbonyl (C=O) groups excluding carboxylic acids is 2. The first-order valence-corrected chi connectivity index (χ1v) is 7.93. The van der Waals surface area contributed by atoms with Crippen LogP contribution in [0.25, 0.3) is 5.69 Å². The van der Waals surface area contributed by atoms with Crippen LogP contribution < -0.4 is 10.6 Å². The predicted octanol–water partition coefficient (Wildman–Crippen LogP) is 0.687. The molecule has 0 unspecified atom stereocenters. The highest BCUT2D eigenvalue weighted by Gasteiger charge is 2.27. The van der Waals surface area contributed by atoms with Gasteiger partial charge in [0.1, 0.15) is 12.4 Å². The molecule has 126 valence electrons. The van der Waals surface area contributed by atoms with Crippen molar-refractivity contribution < 1.29 is 9.59 Å². The highest BCUT2D eigenvalue weighted by Crippen LogP contribution is 2.09. The van der Waals surface area contributed by atoms with Gasteiger partial charge >= 0.3 is 6.03 Å². The van der Waals surface area contributed by atoms with Crippen molar-refractivity contribution in [3.8, 4) is 5.69 Å². The van der Waals surface area contributed by atoms with Crippen LogP contribution in [-0.2, 0) is 11.3 Å². The van der Waals surface area contributed by atoms with Gasteiger partial charge in [-0.3, -0.25) is 4.79 Å². The van der Waals surface area contributed by atoms with E-state index in [1.807, 2.05) is 30.3 Å². The van der Waals surface area contributed by atoms with Crippen LogP contribution in [0.5, 0.6) is 0 Å². The van der Waals surface area contributed by atoms with Crippen LogP contribution >= 0.6 is 0 Å². The minimum Gasteiger partial charge on any atom is -0.354 e. The van der Waals surface area contributed by atoms with E-state index in [0.29, 0.717) is 18.9 Å². The number of hydrogen-bond donors (Lipinski definition) is 2. The molecule has 2 N–H and O–H groups in total. The first kappa shape index (κ1) is 16.0. The highest BCUT2D eigenvalue weighted by molar-refractivity contribution is 5.87. The third-order valence-corrected chi connectivity index (χ3v) is 4.00. The largest absolute Gasteiger partial charge is 0.354 e. The van der Waals surface area contributed by atoms with Gasteiger partial charge in [0, 0.05) is 13.1 Å². The van der Waals surface area contributed by atoms with Gasteiger partial charge in [-0.2, -0.15) is 5.10 Å². The van der Waals surface area contributed by atoms with E-state index in [2.05, 4.69) is 20.7 Å². The molecule has 0 radical (unpaired) electrons. The molecule has 2 aromatic rings. The SMILES string of the molecule is C[C@H]1C(=O)NCCCN1C(=O)NCc1ncnn1-c1ccccc1. The second-order valence-electron chi connectivity index (χ2n) is 5.60. The monoisotopic (exact) mass is 328 g/mol. The van der Waals surface area contributed by atoms with Gasteiger partial charge in [-0.25, -0.2) is 14.5 Å². The van der Waals surface area contributed by atoms with Crippen LogP contribution in [-0.4, -0.2) is 50.7 Å². The van der Waals surface area contributed by atoms with Gasteiger partial charge in [0.05, 0.1) is 12.2 Å². The van der Waals surface area contributed by atoms with E-state index in [1.165, 1.54) is 6.33 Å². The first-order valence-electron chi connectivity index (χ1n) is 7.93. The molecule has 8 heteroatoms. The minimum atomic E-state index is -0.487. The van der Waals surface area contributed by atoms with E-state index in [-0.39, 0.29) is 18.5 Å². The summed E-state index contributed by atoms with van der Waals surface area (Å²) in [5, 5.41) is 9.82. The molecule has 3 amide bonds. The third-order valence-electron chi connectivity index (χ3n) is 4.00. The number of aromatic nitrogens is 3. The highest BCUT2D eigenvalue weighted by atomic mass is 16.2. The summed E-state index contributed by atoms with van der Waals surface area (Å²) in [5.41, 5.74) is 0.877. The van der Waals surface area contributed by atoms with E-state index < -0.39 is 6.04 Å². The van der Waals surface area contributed by atoms with Crippen molar-refractivity contribution in [2.45, 2.75) is 25.9 Å². The van der Waals surface area contributed by atoms with E-state index >= 15 is 0 Å². The van der Waals surface area contributed by atoms with Gasteiger partial charge in [0.25, 0.3) is 0 Å². The molecule has 1 aliphatic rings. The number of nitrogens with zero attached hydrogens (tertiary/aromatic N) is 4. The summed E-state index contributed by atoms with van der Waals surface area (Å²) in [6, 6.07) is 8.82. The lowest BCUT2D eigenvalue weighted by Crippen LogP contribution is -2.49. The smallest absolute Gasteiger partial charge is 0.318 e.